The third kappa shape index (κ3) is 4.97. The van der Waals surface area contributed by atoms with Crippen LogP contribution in [0.1, 0.15) is 18.1 Å². The molecule has 0 heterocycles. The fourth-order valence-corrected chi connectivity index (χ4v) is 1.53. The lowest BCUT2D eigenvalue weighted by molar-refractivity contribution is -0.121. The fraction of sp³-hybridized carbons (Fsp3) is 0.462. The van der Waals surface area contributed by atoms with Crippen LogP contribution in [-0.4, -0.2) is 19.6 Å². The zero-order chi connectivity index (χ0) is 12.7. The number of primary amides is 1. The molecule has 0 aliphatic carbocycles. The van der Waals surface area contributed by atoms with E-state index in [1.54, 1.807) is 7.11 Å². The molecule has 17 heavy (non-hydrogen) atoms. The van der Waals surface area contributed by atoms with Crippen molar-refractivity contribution in [2.75, 3.05) is 13.7 Å². The van der Waals surface area contributed by atoms with Crippen molar-refractivity contribution in [1.29, 1.82) is 0 Å². The van der Waals surface area contributed by atoms with Gasteiger partial charge in [0.05, 0.1) is 6.61 Å². The van der Waals surface area contributed by atoms with Crippen molar-refractivity contribution in [1.82, 2.24) is 5.32 Å². The van der Waals surface area contributed by atoms with Crippen LogP contribution in [0.3, 0.4) is 0 Å². The van der Waals surface area contributed by atoms with E-state index in [1.807, 2.05) is 25.1 Å². The van der Waals surface area contributed by atoms with Gasteiger partial charge in [-0.1, -0.05) is 31.2 Å². The first-order valence-corrected chi connectivity index (χ1v) is 5.70. The van der Waals surface area contributed by atoms with Gasteiger partial charge in [-0.25, -0.2) is 0 Å². The van der Waals surface area contributed by atoms with E-state index in [0.29, 0.717) is 13.2 Å². The van der Waals surface area contributed by atoms with Gasteiger partial charge in [-0.05, 0) is 11.1 Å². The van der Waals surface area contributed by atoms with Gasteiger partial charge in [0, 0.05) is 26.1 Å². The molecular weight excluding hydrogens is 216 g/mol. The molecule has 0 aromatic heterocycles. The molecule has 3 N–H and O–H groups in total. The lowest BCUT2D eigenvalue weighted by Crippen LogP contribution is -2.30. The quantitative estimate of drug-likeness (QED) is 0.743. The standard InChI is InChI=1S/C13H20N2O2/c1-10(13(14)16)7-15-8-11-4-3-5-12(6-11)9-17-2/h3-6,10,15H,7-9H2,1-2H3,(H2,14,16). The van der Waals surface area contributed by atoms with Crippen LogP contribution in [-0.2, 0) is 22.7 Å². The minimum absolute atomic E-state index is 0.142. The number of hydrogen-bond acceptors (Lipinski definition) is 3. The highest BCUT2D eigenvalue weighted by molar-refractivity contribution is 5.76. The van der Waals surface area contributed by atoms with E-state index in [2.05, 4.69) is 11.4 Å². The number of methoxy groups -OCH3 is 1. The fourth-order valence-electron chi connectivity index (χ4n) is 1.53. The molecule has 1 rings (SSSR count). The first-order chi connectivity index (χ1) is 8.13. The molecule has 1 atom stereocenters. The van der Waals surface area contributed by atoms with Crippen LogP contribution in [0.4, 0.5) is 0 Å². The van der Waals surface area contributed by atoms with Crippen molar-refractivity contribution in [3.63, 3.8) is 0 Å². The first-order valence-electron chi connectivity index (χ1n) is 5.70. The van der Waals surface area contributed by atoms with E-state index in [4.69, 9.17) is 10.5 Å². The van der Waals surface area contributed by atoms with Gasteiger partial charge in [-0.3, -0.25) is 4.79 Å². The molecule has 1 unspecified atom stereocenters. The van der Waals surface area contributed by atoms with E-state index >= 15 is 0 Å². The van der Waals surface area contributed by atoms with Crippen LogP contribution in [0.15, 0.2) is 24.3 Å². The second-order valence-corrected chi connectivity index (χ2v) is 4.19. The third-order valence-corrected chi connectivity index (χ3v) is 2.57. The molecule has 0 aliphatic rings. The zero-order valence-electron chi connectivity index (χ0n) is 10.4. The normalized spacial score (nSPS) is 12.4. The smallest absolute Gasteiger partial charge is 0.221 e. The van der Waals surface area contributed by atoms with Crippen LogP contribution in [0, 0.1) is 5.92 Å². The van der Waals surface area contributed by atoms with Crippen molar-refractivity contribution in [2.24, 2.45) is 11.7 Å². The summed E-state index contributed by atoms with van der Waals surface area (Å²) in [5.74, 6) is -0.414. The van der Waals surface area contributed by atoms with Crippen molar-refractivity contribution < 1.29 is 9.53 Å². The lowest BCUT2D eigenvalue weighted by atomic mass is 10.1. The number of carbonyl (C=O) groups is 1. The maximum absolute atomic E-state index is 10.8. The molecule has 1 aromatic carbocycles. The van der Waals surface area contributed by atoms with E-state index < -0.39 is 0 Å². The Balaban J connectivity index is 2.41. The highest BCUT2D eigenvalue weighted by atomic mass is 16.5. The number of amides is 1. The summed E-state index contributed by atoms with van der Waals surface area (Å²) >= 11 is 0. The van der Waals surface area contributed by atoms with E-state index in [0.717, 1.165) is 12.1 Å². The van der Waals surface area contributed by atoms with Gasteiger partial charge < -0.3 is 15.8 Å². The molecule has 0 bridgehead atoms. The minimum Gasteiger partial charge on any atom is -0.380 e. The number of rotatable bonds is 7. The molecule has 4 heteroatoms. The molecule has 94 valence electrons. The summed E-state index contributed by atoms with van der Waals surface area (Å²) in [5.41, 5.74) is 7.51. The molecule has 0 saturated heterocycles. The van der Waals surface area contributed by atoms with Crippen molar-refractivity contribution in [3.8, 4) is 0 Å². The predicted octanol–water partition coefficient (Wildman–Crippen LogP) is 1.04. The summed E-state index contributed by atoms with van der Waals surface area (Å²) in [6.45, 7) is 3.77. The summed E-state index contributed by atoms with van der Waals surface area (Å²) in [7, 11) is 1.68. The first kappa shape index (κ1) is 13.7. The Hall–Kier alpha value is -1.39. The number of hydrogen-bond donors (Lipinski definition) is 2. The Morgan fingerprint density at radius 1 is 1.47 bits per heavy atom. The number of nitrogens with two attached hydrogens (primary N) is 1. The molecule has 0 fully saturated rings. The average Bonchev–Trinajstić information content (AvgIpc) is 2.29. The average molecular weight is 236 g/mol. The summed E-state index contributed by atoms with van der Waals surface area (Å²) in [4.78, 5) is 10.8. The Labute approximate surface area is 102 Å². The molecule has 1 amide bonds. The Kier molecular flexibility index (Phi) is 5.66. The highest BCUT2D eigenvalue weighted by Gasteiger charge is 2.07. The Bertz CT molecular complexity index is 366. The maximum Gasteiger partial charge on any atom is 0.221 e. The molecule has 4 nitrogen and oxygen atoms in total. The van der Waals surface area contributed by atoms with Crippen LogP contribution < -0.4 is 11.1 Å². The number of nitrogens with one attached hydrogen (secondary N) is 1. The van der Waals surface area contributed by atoms with Gasteiger partial charge in [-0.2, -0.15) is 0 Å². The van der Waals surface area contributed by atoms with Gasteiger partial charge in [0.15, 0.2) is 0 Å². The molecule has 1 aromatic rings. The minimum atomic E-state index is -0.273. The molecule has 0 saturated carbocycles. The molecule has 0 aliphatic heterocycles. The van der Waals surface area contributed by atoms with Gasteiger partial charge >= 0.3 is 0 Å². The maximum atomic E-state index is 10.8. The van der Waals surface area contributed by atoms with Crippen molar-refractivity contribution in [2.45, 2.75) is 20.1 Å². The second-order valence-electron chi connectivity index (χ2n) is 4.19. The van der Waals surface area contributed by atoms with Crippen LogP contribution in [0.25, 0.3) is 0 Å². The summed E-state index contributed by atoms with van der Waals surface area (Å²) in [6.07, 6.45) is 0. The summed E-state index contributed by atoms with van der Waals surface area (Å²) in [5, 5.41) is 3.21. The van der Waals surface area contributed by atoms with Crippen LogP contribution >= 0.6 is 0 Å². The molecule has 0 spiro atoms. The zero-order valence-corrected chi connectivity index (χ0v) is 10.4. The topological polar surface area (TPSA) is 64.3 Å². The van der Waals surface area contributed by atoms with Crippen LogP contribution in [0.5, 0.6) is 0 Å². The van der Waals surface area contributed by atoms with Crippen LogP contribution in [0.2, 0.25) is 0 Å². The summed E-state index contributed by atoms with van der Waals surface area (Å²) < 4.78 is 5.08. The molecule has 0 radical (unpaired) electrons. The lowest BCUT2D eigenvalue weighted by Gasteiger charge is -2.09. The van der Waals surface area contributed by atoms with Crippen molar-refractivity contribution in [3.05, 3.63) is 35.4 Å². The Morgan fingerprint density at radius 2 is 2.18 bits per heavy atom. The van der Waals surface area contributed by atoms with E-state index in [-0.39, 0.29) is 11.8 Å². The largest absolute Gasteiger partial charge is 0.380 e. The summed E-state index contributed by atoms with van der Waals surface area (Å²) in [6, 6.07) is 8.16. The highest BCUT2D eigenvalue weighted by Crippen LogP contribution is 2.06. The van der Waals surface area contributed by atoms with E-state index in [1.165, 1.54) is 5.56 Å². The van der Waals surface area contributed by atoms with Gasteiger partial charge in [-0.15, -0.1) is 0 Å². The van der Waals surface area contributed by atoms with Crippen molar-refractivity contribution >= 4 is 5.91 Å². The number of ether oxygens (including phenoxy) is 1. The van der Waals surface area contributed by atoms with Gasteiger partial charge in [0.1, 0.15) is 0 Å². The Morgan fingerprint density at radius 3 is 2.82 bits per heavy atom. The number of carbonyl (C=O) groups excluding carboxylic acids is 1. The SMILES string of the molecule is COCc1cccc(CNCC(C)C(N)=O)c1. The monoisotopic (exact) mass is 236 g/mol. The second kappa shape index (κ2) is 7.04. The van der Waals surface area contributed by atoms with E-state index in [9.17, 15) is 4.79 Å². The van der Waals surface area contributed by atoms with Gasteiger partial charge in [0.25, 0.3) is 0 Å². The van der Waals surface area contributed by atoms with Gasteiger partial charge in [0.2, 0.25) is 5.91 Å². The molecular formula is C13H20N2O2. The predicted molar refractivity (Wildman–Crippen MR) is 67.2 cm³/mol. The third-order valence-electron chi connectivity index (χ3n) is 2.57. The number of benzene rings is 1.